The van der Waals surface area contributed by atoms with Crippen LogP contribution in [0, 0.1) is 5.92 Å². The average Bonchev–Trinajstić information content (AvgIpc) is 2.18. The number of carbonyl (C=O) groups excluding carboxylic acids is 1. The van der Waals surface area contributed by atoms with Crippen LogP contribution in [0.25, 0.3) is 0 Å². The summed E-state index contributed by atoms with van der Waals surface area (Å²) in [5.74, 6) is 0.872. The second kappa shape index (κ2) is 6.27. The summed E-state index contributed by atoms with van der Waals surface area (Å²) in [5, 5.41) is 2.98. The molecule has 1 rings (SSSR count). The molecule has 0 unspecified atom stereocenters. The van der Waals surface area contributed by atoms with E-state index >= 15 is 0 Å². The molecule has 1 aliphatic carbocycles. The fraction of sp³-hybridized carbons (Fsp3) is 0.929. The van der Waals surface area contributed by atoms with E-state index in [-0.39, 0.29) is 6.09 Å². The molecule has 0 aliphatic heterocycles. The van der Waals surface area contributed by atoms with Gasteiger partial charge in [-0.2, -0.15) is 0 Å². The molecule has 0 bridgehead atoms. The Bertz CT molecular complexity index is 237. The SMILES string of the molecule is CCCC1CCC(NC(=O)OC(C)(C)C)CC1. The van der Waals surface area contributed by atoms with Crippen LogP contribution >= 0.6 is 0 Å². The normalized spacial score (nSPS) is 25.4. The van der Waals surface area contributed by atoms with Gasteiger partial charge in [-0.3, -0.25) is 0 Å². The zero-order valence-electron chi connectivity index (χ0n) is 11.7. The number of alkyl carbamates (subject to hydrolysis) is 1. The molecule has 0 saturated heterocycles. The molecule has 1 N–H and O–H groups in total. The largest absolute Gasteiger partial charge is 0.444 e. The van der Waals surface area contributed by atoms with Gasteiger partial charge in [0.05, 0.1) is 0 Å². The van der Waals surface area contributed by atoms with E-state index in [0.717, 1.165) is 18.8 Å². The number of hydrogen-bond acceptors (Lipinski definition) is 2. The van der Waals surface area contributed by atoms with E-state index in [1.54, 1.807) is 0 Å². The smallest absolute Gasteiger partial charge is 0.407 e. The van der Waals surface area contributed by atoms with Gasteiger partial charge in [0, 0.05) is 6.04 Å². The maximum absolute atomic E-state index is 11.6. The van der Waals surface area contributed by atoms with E-state index in [2.05, 4.69) is 12.2 Å². The van der Waals surface area contributed by atoms with Crippen LogP contribution in [0.5, 0.6) is 0 Å². The van der Waals surface area contributed by atoms with Crippen molar-refractivity contribution >= 4 is 6.09 Å². The molecule has 1 fully saturated rings. The predicted molar refractivity (Wildman–Crippen MR) is 70.0 cm³/mol. The molecule has 1 aliphatic rings. The Labute approximate surface area is 105 Å². The van der Waals surface area contributed by atoms with Crippen LogP contribution in [0.2, 0.25) is 0 Å². The third-order valence-electron chi connectivity index (χ3n) is 3.26. The van der Waals surface area contributed by atoms with Gasteiger partial charge in [0.15, 0.2) is 0 Å². The van der Waals surface area contributed by atoms with Gasteiger partial charge in [-0.15, -0.1) is 0 Å². The standard InChI is InChI=1S/C14H27NO2/c1-5-6-11-7-9-12(10-8-11)15-13(16)17-14(2,3)4/h11-12H,5-10H2,1-4H3,(H,15,16). The van der Waals surface area contributed by atoms with Crippen molar-refractivity contribution < 1.29 is 9.53 Å². The lowest BCUT2D eigenvalue weighted by molar-refractivity contribution is 0.0486. The summed E-state index contributed by atoms with van der Waals surface area (Å²) in [6, 6.07) is 0.318. The molecular weight excluding hydrogens is 214 g/mol. The van der Waals surface area contributed by atoms with E-state index in [4.69, 9.17) is 4.74 Å². The van der Waals surface area contributed by atoms with Crippen molar-refractivity contribution in [3.8, 4) is 0 Å². The van der Waals surface area contributed by atoms with E-state index in [0.29, 0.717) is 6.04 Å². The van der Waals surface area contributed by atoms with Crippen molar-refractivity contribution in [3.05, 3.63) is 0 Å². The van der Waals surface area contributed by atoms with Gasteiger partial charge in [-0.25, -0.2) is 4.79 Å². The highest BCUT2D eigenvalue weighted by atomic mass is 16.6. The van der Waals surface area contributed by atoms with Crippen LogP contribution in [0.4, 0.5) is 4.79 Å². The molecule has 0 spiro atoms. The Kier molecular flexibility index (Phi) is 5.29. The lowest BCUT2D eigenvalue weighted by atomic mass is 9.83. The Morgan fingerprint density at radius 2 is 1.82 bits per heavy atom. The quantitative estimate of drug-likeness (QED) is 0.814. The zero-order valence-corrected chi connectivity index (χ0v) is 11.7. The predicted octanol–water partition coefficient (Wildman–Crippen LogP) is 3.87. The van der Waals surface area contributed by atoms with E-state index in [1.165, 1.54) is 25.7 Å². The van der Waals surface area contributed by atoms with E-state index in [9.17, 15) is 4.79 Å². The van der Waals surface area contributed by atoms with Gasteiger partial charge in [0.2, 0.25) is 0 Å². The number of rotatable bonds is 3. The Balaban J connectivity index is 2.24. The molecule has 1 saturated carbocycles. The van der Waals surface area contributed by atoms with Crippen LogP contribution in [-0.4, -0.2) is 17.7 Å². The van der Waals surface area contributed by atoms with Gasteiger partial charge in [-0.1, -0.05) is 19.8 Å². The first kappa shape index (κ1) is 14.3. The van der Waals surface area contributed by atoms with Crippen molar-refractivity contribution in [1.29, 1.82) is 0 Å². The maximum atomic E-state index is 11.6. The summed E-state index contributed by atoms with van der Waals surface area (Å²) < 4.78 is 5.26. The molecule has 0 aromatic carbocycles. The van der Waals surface area contributed by atoms with Crippen molar-refractivity contribution in [2.75, 3.05) is 0 Å². The molecule has 0 radical (unpaired) electrons. The Hall–Kier alpha value is -0.730. The van der Waals surface area contributed by atoms with Crippen LogP contribution in [-0.2, 0) is 4.74 Å². The summed E-state index contributed by atoms with van der Waals surface area (Å²) >= 11 is 0. The highest BCUT2D eigenvalue weighted by molar-refractivity contribution is 5.68. The highest BCUT2D eigenvalue weighted by Crippen LogP contribution is 2.27. The molecule has 0 aromatic rings. The Morgan fingerprint density at radius 3 is 2.29 bits per heavy atom. The number of ether oxygens (including phenoxy) is 1. The number of carbonyl (C=O) groups is 1. The van der Waals surface area contributed by atoms with Crippen LogP contribution in [0.1, 0.15) is 66.2 Å². The second-order valence-electron chi connectivity index (χ2n) is 6.15. The molecule has 3 nitrogen and oxygen atoms in total. The minimum Gasteiger partial charge on any atom is -0.444 e. The zero-order chi connectivity index (χ0) is 12.9. The summed E-state index contributed by atoms with van der Waals surface area (Å²) in [7, 11) is 0. The minimum absolute atomic E-state index is 0.267. The van der Waals surface area contributed by atoms with Crippen LogP contribution < -0.4 is 5.32 Å². The molecule has 1 amide bonds. The second-order valence-corrected chi connectivity index (χ2v) is 6.15. The minimum atomic E-state index is -0.399. The summed E-state index contributed by atoms with van der Waals surface area (Å²) in [5.41, 5.74) is -0.399. The summed E-state index contributed by atoms with van der Waals surface area (Å²) in [4.78, 5) is 11.6. The van der Waals surface area contributed by atoms with Crippen molar-refractivity contribution in [2.24, 2.45) is 5.92 Å². The first-order valence-electron chi connectivity index (χ1n) is 6.90. The Morgan fingerprint density at radius 1 is 1.24 bits per heavy atom. The van der Waals surface area contributed by atoms with Crippen molar-refractivity contribution in [3.63, 3.8) is 0 Å². The fourth-order valence-electron chi connectivity index (χ4n) is 2.48. The van der Waals surface area contributed by atoms with Gasteiger partial charge >= 0.3 is 6.09 Å². The van der Waals surface area contributed by atoms with Gasteiger partial charge in [-0.05, 0) is 52.4 Å². The lowest BCUT2D eigenvalue weighted by Crippen LogP contribution is -2.40. The van der Waals surface area contributed by atoms with Crippen molar-refractivity contribution in [1.82, 2.24) is 5.32 Å². The molecule has 3 heteroatoms. The van der Waals surface area contributed by atoms with Gasteiger partial charge < -0.3 is 10.1 Å². The van der Waals surface area contributed by atoms with Gasteiger partial charge in [0.1, 0.15) is 5.60 Å². The topological polar surface area (TPSA) is 38.3 Å². The lowest BCUT2D eigenvalue weighted by Gasteiger charge is -2.29. The monoisotopic (exact) mass is 241 g/mol. The van der Waals surface area contributed by atoms with Crippen LogP contribution in [0.15, 0.2) is 0 Å². The summed E-state index contributed by atoms with van der Waals surface area (Å²) in [6.07, 6.45) is 7.03. The first-order chi connectivity index (χ1) is 7.90. The molecule has 100 valence electrons. The number of hydrogen-bond donors (Lipinski definition) is 1. The number of nitrogens with one attached hydrogen (secondary N) is 1. The average molecular weight is 241 g/mol. The molecule has 0 heterocycles. The fourth-order valence-corrected chi connectivity index (χ4v) is 2.48. The molecular formula is C14H27NO2. The third-order valence-corrected chi connectivity index (χ3v) is 3.26. The van der Waals surface area contributed by atoms with E-state index < -0.39 is 5.60 Å². The van der Waals surface area contributed by atoms with Crippen LogP contribution in [0.3, 0.4) is 0 Å². The van der Waals surface area contributed by atoms with Gasteiger partial charge in [0.25, 0.3) is 0 Å². The number of amides is 1. The first-order valence-corrected chi connectivity index (χ1v) is 6.90. The van der Waals surface area contributed by atoms with E-state index in [1.807, 2.05) is 20.8 Å². The molecule has 17 heavy (non-hydrogen) atoms. The third kappa shape index (κ3) is 5.94. The summed E-state index contributed by atoms with van der Waals surface area (Å²) in [6.45, 7) is 7.92. The maximum Gasteiger partial charge on any atom is 0.407 e. The van der Waals surface area contributed by atoms with Crippen molar-refractivity contribution in [2.45, 2.75) is 77.9 Å². The molecule has 0 aromatic heterocycles. The molecule has 0 atom stereocenters. The highest BCUT2D eigenvalue weighted by Gasteiger charge is 2.24.